The number of hydrogen-bond acceptors (Lipinski definition) is 2. The third-order valence-corrected chi connectivity index (χ3v) is 2.03. The predicted octanol–water partition coefficient (Wildman–Crippen LogP) is 1.41. The second-order valence-electron chi connectivity index (χ2n) is 3.18. The molecule has 1 aromatic rings. The molecule has 14 heavy (non-hydrogen) atoms. The summed E-state index contributed by atoms with van der Waals surface area (Å²) in [5, 5.41) is 5.83. The fourth-order valence-electron chi connectivity index (χ4n) is 1.22. The van der Waals surface area contributed by atoms with Crippen LogP contribution in [0.3, 0.4) is 0 Å². The fraction of sp³-hybridized carbons (Fsp3) is 0.364. The molecule has 0 unspecified atom stereocenters. The van der Waals surface area contributed by atoms with Crippen LogP contribution in [-0.2, 0) is 11.2 Å². The van der Waals surface area contributed by atoms with E-state index in [-0.39, 0.29) is 5.91 Å². The highest BCUT2D eigenvalue weighted by Gasteiger charge is 1.94. The molecule has 0 saturated heterocycles. The number of nitrogens with one attached hydrogen (secondary N) is 2. The van der Waals surface area contributed by atoms with Crippen LogP contribution in [-0.4, -0.2) is 19.5 Å². The van der Waals surface area contributed by atoms with Crippen molar-refractivity contribution < 1.29 is 4.79 Å². The summed E-state index contributed by atoms with van der Waals surface area (Å²) in [6.07, 6.45) is 0.879. The summed E-state index contributed by atoms with van der Waals surface area (Å²) in [4.78, 5) is 10.6. The molecule has 1 amide bonds. The average Bonchev–Trinajstić information content (AvgIpc) is 2.18. The maximum Gasteiger partial charge on any atom is 0.216 e. The second kappa shape index (κ2) is 5.27. The van der Waals surface area contributed by atoms with Crippen LogP contribution < -0.4 is 10.6 Å². The maximum absolute atomic E-state index is 10.6. The Morgan fingerprint density at radius 1 is 1.29 bits per heavy atom. The summed E-state index contributed by atoms with van der Waals surface area (Å²) in [6.45, 7) is 2.23. The summed E-state index contributed by atoms with van der Waals surface area (Å²) in [7, 11) is 1.90. The van der Waals surface area contributed by atoms with Gasteiger partial charge in [0.25, 0.3) is 0 Å². The van der Waals surface area contributed by atoms with Gasteiger partial charge in [-0.1, -0.05) is 12.1 Å². The van der Waals surface area contributed by atoms with Crippen molar-refractivity contribution in [3.05, 3.63) is 29.8 Å². The first-order valence-corrected chi connectivity index (χ1v) is 4.73. The van der Waals surface area contributed by atoms with Gasteiger partial charge in [-0.05, 0) is 24.1 Å². The molecule has 1 aromatic carbocycles. The first kappa shape index (κ1) is 10.6. The van der Waals surface area contributed by atoms with E-state index in [2.05, 4.69) is 22.8 Å². The largest absolute Gasteiger partial charge is 0.388 e. The van der Waals surface area contributed by atoms with Crippen molar-refractivity contribution in [2.75, 3.05) is 18.9 Å². The van der Waals surface area contributed by atoms with Gasteiger partial charge < -0.3 is 10.6 Å². The normalized spacial score (nSPS) is 9.57. The molecule has 0 radical (unpaired) electrons. The van der Waals surface area contributed by atoms with E-state index in [4.69, 9.17) is 0 Å². The third-order valence-electron chi connectivity index (χ3n) is 2.03. The van der Waals surface area contributed by atoms with Crippen molar-refractivity contribution in [3.63, 3.8) is 0 Å². The summed E-state index contributed by atoms with van der Waals surface area (Å²) in [5.74, 6) is 0.0249. The van der Waals surface area contributed by atoms with Gasteiger partial charge in [0.2, 0.25) is 5.91 Å². The minimum atomic E-state index is 0.0249. The quantitative estimate of drug-likeness (QED) is 0.757. The van der Waals surface area contributed by atoms with E-state index in [0.717, 1.165) is 12.1 Å². The number of rotatable bonds is 4. The van der Waals surface area contributed by atoms with E-state index in [0.29, 0.717) is 6.54 Å². The molecule has 0 heterocycles. The van der Waals surface area contributed by atoms with E-state index in [9.17, 15) is 4.79 Å². The van der Waals surface area contributed by atoms with Gasteiger partial charge in [0.05, 0.1) is 0 Å². The van der Waals surface area contributed by atoms with Crippen LogP contribution in [0.25, 0.3) is 0 Å². The molecule has 0 saturated carbocycles. The first-order valence-electron chi connectivity index (χ1n) is 4.73. The van der Waals surface area contributed by atoms with Crippen LogP contribution in [0.15, 0.2) is 24.3 Å². The molecule has 3 nitrogen and oxygen atoms in total. The fourth-order valence-corrected chi connectivity index (χ4v) is 1.22. The Balaban J connectivity index is 2.40. The smallest absolute Gasteiger partial charge is 0.216 e. The molecule has 2 N–H and O–H groups in total. The molecule has 0 aliphatic rings. The minimum absolute atomic E-state index is 0.0249. The molecule has 0 fully saturated rings. The van der Waals surface area contributed by atoms with Crippen LogP contribution in [0.1, 0.15) is 12.5 Å². The number of hydrogen-bond donors (Lipinski definition) is 2. The third kappa shape index (κ3) is 3.47. The molecule has 0 atom stereocenters. The lowest BCUT2D eigenvalue weighted by Gasteiger charge is -2.04. The summed E-state index contributed by atoms with van der Waals surface area (Å²) in [5.41, 5.74) is 2.34. The SMILES string of the molecule is CNc1ccc(CCNC(C)=O)cc1. The molecular weight excluding hydrogens is 176 g/mol. The van der Waals surface area contributed by atoms with E-state index in [1.165, 1.54) is 12.5 Å². The van der Waals surface area contributed by atoms with Crippen molar-refractivity contribution in [1.82, 2.24) is 5.32 Å². The van der Waals surface area contributed by atoms with E-state index in [1.54, 1.807) is 0 Å². The van der Waals surface area contributed by atoms with Crippen LogP contribution in [0.5, 0.6) is 0 Å². The predicted molar refractivity (Wildman–Crippen MR) is 58.4 cm³/mol. The number of carbonyl (C=O) groups excluding carboxylic acids is 1. The van der Waals surface area contributed by atoms with E-state index < -0.39 is 0 Å². The molecule has 0 spiro atoms. The summed E-state index contributed by atoms with van der Waals surface area (Å²) < 4.78 is 0. The number of carbonyl (C=O) groups is 1. The van der Waals surface area contributed by atoms with Crippen molar-refractivity contribution in [2.24, 2.45) is 0 Å². The van der Waals surface area contributed by atoms with Gasteiger partial charge in [0, 0.05) is 26.2 Å². The second-order valence-corrected chi connectivity index (χ2v) is 3.18. The number of anilines is 1. The Hall–Kier alpha value is -1.51. The first-order chi connectivity index (χ1) is 6.72. The molecule has 0 bridgehead atoms. The van der Waals surface area contributed by atoms with Gasteiger partial charge in [-0.25, -0.2) is 0 Å². The Morgan fingerprint density at radius 2 is 1.93 bits per heavy atom. The Kier molecular flexibility index (Phi) is 3.98. The molecule has 76 valence electrons. The zero-order valence-corrected chi connectivity index (χ0v) is 8.63. The Morgan fingerprint density at radius 3 is 2.43 bits per heavy atom. The highest BCUT2D eigenvalue weighted by molar-refractivity contribution is 5.72. The zero-order chi connectivity index (χ0) is 10.4. The lowest BCUT2D eigenvalue weighted by atomic mass is 10.1. The van der Waals surface area contributed by atoms with Crippen LogP contribution in [0, 0.1) is 0 Å². The van der Waals surface area contributed by atoms with Crippen molar-refractivity contribution in [1.29, 1.82) is 0 Å². The van der Waals surface area contributed by atoms with Crippen molar-refractivity contribution in [2.45, 2.75) is 13.3 Å². The molecular formula is C11H16N2O. The number of amides is 1. The highest BCUT2D eigenvalue weighted by atomic mass is 16.1. The maximum atomic E-state index is 10.6. The monoisotopic (exact) mass is 192 g/mol. The van der Waals surface area contributed by atoms with Crippen LogP contribution in [0.4, 0.5) is 5.69 Å². The molecule has 0 aliphatic heterocycles. The van der Waals surface area contributed by atoms with Gasteiger partial charge >= 0.3 is 0 Å². The summed E-state index contributed by atoms with van der Waals surface area (Å²) in [6, 6.07) is 8.19. The lowest BCUT2D eigenvalue weighted by Crippen LogP contribution is -2.22. The van der Waals surface area contributed by atoms with Gasteiger partial charge in [-0.3, -0.25) is 4.79 Å². The van der Waals surface area contributed by atoms with E-state index >= 15 is 0 Å². The summed E-state index contributed by atoms with van der Waals surface area (Å²) >= 11 is 0. The van der Waals surface area contributed by atoms with Crippen molar-refractivity contribution >= 4 is 11.6 Å². The highest BCUT2D eigenvalue weighted by Crippen LogP contribution is 2.08. The molecule has 3 heteroatoms. The van der Waals surface area contributed by atoms with Crippen LogP contribution in [0.2, 0.25) is 0 Å². The average molecular weight is 192 g/mol. The molecule has 0 aromatic heterocycles. The Labute approximate surface area is 84.5 Å². The van der Waals surface area contributed by atoms with Gasteiger partial charge in [0.15, 0.2) is 0 Å². The van der Waals surface area contributed by atoms with Crippen molar-refractivity contribution in [3.8, 4) is 0 Å². The number of benzene rings is 1. The zero-order valence-electron chi connectivity index (χ0n) is 8.63. The van der Waals surface area contributed by atoms with Gasteiger partial charge in [-0.15, -0.1) is 0 Å². The lowest BCUT2D eigenvalue weighted by molar-refractivity contribution is -0.118. The standard InChI is InChI=1S/C11H16N2O/c1-9(14)13-8-7-10-3-5-11(12-2)6-4-10/h3-6,12H,7-8H2,1-2H3,(H,13,14). The Bertz CT molecular complexity index is 293. The minimum Gasteiger partial charge on any atom is -0.388 e. The molecule has 0 aliphatic carbocycles. The van der Waals surface area contributed by atoms with E-state index in [1.807, 2.05) is 19.2 Å². The van der Waals surface area contributed by atoms with Gasteiger partial charge in [0.1, 0.15) is 0 Å². The molecule has 1 rings (SSSR count). The topological polar surface area (TPSA) is 41.1 Å². The van der Waals surface area contributed by atoms with Crippen LogP contribution >= 0.6 is 0 Å². The van der Waals surface area contributed by atoms with Gasteiger partial charge in [-0.2, -0.15) is 0 Å².